The SMILES string of the molecule is C=C1C(=O)OC2C1C(OC(=O)C(C)=CC)C(OC(=O)C(C)=CC)C1(C)C(O)CCC(C)(O)C21. The van der Waals surface area contributed by atoms with Crippen molar-refractivity contribution in [2.24, 2.45) is 17.3 Å². The Morgan fingerprint density at radius 3 is 2.21 bits per heavy atom. The molecular formula is C25H34O8. The standard InChI is InChI=1S/C25H34O8/c1-8-12(3)21(27)32-18-16-14(5)23(29)31-17(16)19-24(6,30)11-10-15(26)25(19,7)20(18)33-22(28)13(4)9-2/h8-9,15-20,26,30H,5,10-11H2,1-4,6-7H3. The van der Waals surface area contributed by atoms with Crippen molar-refractivity contribution in [1.82, 2.24) is 0 Å². The Labute approximate surface area is 194 Å². The lowest BCUT2D eigenvalue weighted by molar-refractivity contribution is -0.275. The minimum Gasteiger partial charge on any atom is -0.458 e. The maximum atomic E-state index is 12.9. The summed E-state index contributed by atoms with van der Waals surface area (Å²) in [6.45, 7) is 13.7. The first-order valence-corrected chi connectivity index (χ1v) is 11.3. The number of ether oxygens (including phenoxy) is 3. The summed E-state index contributed by atoms with van der Waals surface area (Å²) in [5, 5.41) is 22.6. The predicted octanol–water partition coefficient (Wildman–Crippen LogP) is 2.38. The molecule has 2 aliphatic carbocycles. The van der Waals surface area contributed by atoms with Gasteiger partial charge in [-0.15, -0.1) is 0 Å². The van der Waals surface area contributed by atoms with Gasteiger partial charge < -0.3 is 24.4 Å². The molecule has 33 heavy (non-hydrogen) atoms. The first-order valence-electron chi connectivity index (χ1n) is 11.3. The lowest BCUT2D eigenvalue weighted by atomic mass is 9.49. The van der Waals surface area contributed by atoms with Gasteiger partial charge in [-0.05, 0) is 47.5 Å². The monoisotopic (exact) mass is 462 g/mol. The number of hydrogen-bond donors (Lipinski definition) is 2. The fourth-order valence-electron chi connectivity index (χ4n) is 5.65. The third-order valence-corrected chi connectivity index (χ3v) is 7.82. The van der Waals surface area contributed by atoms with E-state index in [1.165, 1.54) is 0 Å². The molecule has 1 saturated heterocycles. The summed E-state index contributed by atoms with van der Waals surface area (Å²) in [7, 11) is 0. The molecule has 2 saturated carbocycles. The van der Waals surface area contributed by atoms with Crippen LogP contribution in [0.5, 0.6) is 0 Å². The molecule has 8 nitrogen and oxygen atoms in total. The van der Waals surface area contributed by atoms with E-state index < -0.39 is 65.2 Å². The molecule has 8 unspecified atom stereocenters. The molecule has 0 amide bonds. The molecule has 0 spiro atoms. The number of carbonyl (C=O) groups excluding carboxylic acids is 3. The number of hydrogen-bond acceptors (Lipinski definition) is 8. The topological polar surface area (TPSA) is 119 Å². The summed E-state index contributed by atoms with van der Waals surface area (Å²) in [6.07, 6.45) is -0.542. The zero-order valence-corrected chi connectivity index (χ0v) is 20.1. The molecule has 0 radical (unpaired) electrons. The molecule has 1 heterocycles. The summed E-state index contributed by atoms with van der Waals surface area (Å²) in [5.74, 6) is -3.58. The van der Waals surface area contributed by atoms with Crippen molar-refractivity contribution in [3.05, 3.63) is 35.5 Å². The van der Waals surface area contributed by atoms with Crippen LogP contribution in [0.3, 0.4) is 0 Å². The minimum absolute atomic E-state index is 0.0812. The largest absolute Gasteiger partial charge is 0.458 e. The normalized spacial score (nSPS) is 41.1. The van der Waals surface area contributed by atoms with Crippen molar-refractivity contribution in [1.29, 1.82) is 0 Å². The van der Waals surface area contributed by atoms with E-state index in [1.54, 1.807) is 53.7 Å². The number of carbonyl (C=O) groups is 3. The van der Waals surface area contributed by atoms with Crippen LogP contribution >= 0.6 is 0 Å². The molecular weight excluding hydrogens is 428 g/mol. The summed E-state index contributed by atoms with van der Waals surface area (Å²) >= 11 is 0. The Morgan fingerprint density at radius 1 is 1.12 bits per heavy atom. The van der Waals surface area contributed by atoms with Crippen molar-refractivity contribution < 1.29 is 38.8 Å². The molecule has 8 atom stereocenters. The first kappa shape index (κ1) is 25.2. The van der Waals surface area contributed by atoms with E-state index in [9.17, 15) is 24.6 Å². The highest BCUT2D eigenvalue weighted by Gasteiger charge is 2.71. The quantitative estimate of drug-likeness (QED) is 0.371. The number of aliphatic hydroxyl groups excluding tert-OH is 1. The molecule has 182 valence electrons. The second kappa shape index (κ2) is 8.72. The number of esters is 3. The Balaban J connectivity index is 2.21. The van der Waals surface area contributed by atoms with Crippen molar-refractivity contribution in [3.63, 3.8) is 0 Å². The van der Waals surface area contributed by atoms with Gasteiger partial charge in [-0.3, -0.25) is 0 Å². The van der Waals surface area contributed by atoms with Crippen LogP contribution in [0.25, 0.3) is 0 Å². The molecule has 0 aromatic rings. The van der Waals surface area contributed by atoms with Crippen molar-refractivity contribution in [2.45, 2.75) is 84.4 Å². The van der Waals surface area contributed by atoms with Crippen molar-refractivity contribution in [3.8, 4) is 0 Å². The van der Waals surface area contributed by atoms with Crippen LogP contribution in [0, 0.1) is 17.3 Å². The molecule has 0 aromatic carbocycles. The molecule has 3 aliphatic rings. The van der Waals surface area contributed by atoms with Crippen LogP contribution < -0.4 is 0 Å². The van der Waals surface area contributed by atoms with E-state index in [2.05, 4.69) is 6.58 Å². The van der Waals surface area contributed by atoms with Gasteiger partial charge in [0.05, 0.1) is 17.6 Å². The van der Waals surface area contributed by atoms with Crippen molar-refractivity contribution >= 4 is 17.9 Å². The van der Waals surface area contributed by atoms with E-state index in [4.69, 9.17) is 14.2 Å². The summed E-state index contributed by atoms with van der Waals surface area (Å²) < 4.78 is 17.4. The molecule has 1 aliphatic heterocycles. The van der Waals surface area contributed by atoms with Gasteiger partial charge in [-0.2, -0.15) is 0 Å². The van der Waals surface area contributed by atoms with Crippen LogP contribution in [0.15, 0.2) is 35.5 Å². The highest BCUT2D eigenvalue weighted by Crippen LogP contribution is 2.60. The van der Waals surface area contributed by atoms with Gasteiger partial charge in [-0.1, -0.05) is 25.7 Å². The van der Waals surface area contributed by atoms with Gasteiger partial charge in [0.25, 0.3) is 0 Å². The summed E-state index contributed by atoms with van der Waals surface area (Å²) in [5.41, 5.74) is -1.86. The van der Waals surface area contributed by atoms with Crippen LogP contribution in [0.2, 0.25) is 0 Å². The average molecular weight is 463 g/mol. The highest BCUT2D eigenvalue weighted by atomic mass is 16.6. The first-order chi connectivity index (χ1) is 15.3. The van der Waals surface area contributed by atoms with Gasteiger partial charge >= 0.3 is 17.9 Å². The Morgan fingerprint density at radius 2 is 1.67 bits per heavy atom. The fraction of sp³-hybridized carbons (Fsp3) is 0.640. The van der Waals surface area contributed by atoms with Gasteiger partial charge in [0, 0.05) is 28.1 Å². The second-order valence-electron chi connectivity index (χ2n) is 9.82. The number of fused-ring (bicyclic) bond motifs is 3. The average Bonchev–Trinajstić information content (AvgIpc) is 3.05. The van der Waals surface area contributed by atoms with Gasteiger partial charge in [0.1, 0.15) is 12.2 Å². The lowest BCUT2D eigenvalue weighted by Crippen LogP contribution is -2.72. The Hall–Kier alpha value is -2.45. The van der Waals surface area contributed by atoms with E-state index in [1.807, 2.05) is 0 Å². The Kier molecular flexibility index (Phi) is 6.65. The molecule has 8 heteroatoms. The molecule has 3 rings (SSSR count). The number of rotatable bonds is 4. The van der Waals surface area contributed by atoms with Gasteiger partial charge in [-0.25, -0.2) is 14.4 Å². The van der Waals surface area contributed by atoms with Crippen LogP contribution in [0.4, 0.5) is 0 Å². The molecule has 3 fully saturated rings. The van der Waals surface area contributed by atoms with Crippen LogP contribution in [0.1, 0.15) is 54.4 Å². The highest BCUT2D eigenvalue weighted by molar-refractivity contribution is 5.92. The molecule has 0 aromatic heterocycles. The van der Waals surface area contributed by atoms with Crippen molar-refractivity contribution in [2.75, 3.05) is 0 Å². The summed E-state index contributed by atoms with van der Waals surface area (Å²) in [4.78, 5) is 38.3. The second-order valence-corrected chi connectivity index (χ2v) is 9.82. The van der Waals surface area contributed by atoms with Gasteiger partial charge in [0.15, 0.2) is 6.10 Å². The third-order valence-electron chi connectivity index (χ3n) is 7.82. The van der Waals surface area contributed by atoms with E-state index in [0.717, 1.165) is 0 Å². The smallest absolute Gasteiger partial charge is 0.334 e. The maximum absolute atomic E-state index is 12.9. The van der Waals surface area contributed by atoms with Crippen LogP contribution in [-0.4, -0.2) is 58.1 Å². The Bertz CT molecular complexity index is 929. The van der Waals surface area contributed by atoms with Crippen LogP contribution in [-0.2, 0) is 28.6 Å². The lowest BCUT2D eigenvalue weighted by Gasteiger charge is -2.61. The molecule has 2 N–H and O–H groups in total. The zero-order valence-electron chi connectivity index (χ0n) is 20.1. The zero-order chi connectivity index (χ0) is 24.9. The van der Waals surface area contributed by atoms with E-state index >= 15 is 0 Å². The summed E-state index contributed by atoms with van der Waals surface area (Å²) in [6, 6.07) is 0. The van der Waals surface area contributed by atoms with Gasteiger partial charge in [0.2, 0.25) is 0 Å². The maximum Gasteiger partial charge on any atom is 0.334 e. The number of aliphatic hydroxyl groups is 2. The number of allylic oxidation sites excluding steroid dienone is 2. The fourth-order valence-corrected chi connectivity index (χ4v) is 5.65. The third kappa shape index (κ3) is 3.93. The van der Waals surface area contributed by atoms with E-state index in [0.29, 0.717) is 11.1 Å². The molecule has 0 bridgehead atoms. The minimum atomic E-state index is -1.34. The van der Waals surface area contributed by atoms with E-state index in [-0.39, 0.29) is 18.4 Å². The predicted molar refractivity (Wildman–Crippen MR) is 119 cm³/mol.